The van der Waals surface area contributed by atoms with E-state index in [1.165, 1.54) is 24.1 Å². The molecular weight excluding hydrogens is 532 g/mol. The van der Waals surface area contributed by atoms with Gasteiger partial charge in [-0.2, -0.15) is 18.3 Å². The number of Topliss-reactive ketones (excluding diaryl/α,β-unsaturated/α-hetero) is 1. The lowest BCUT2D eigenvalue weighted by molar-refractivity contribution is -0.137. The Bertz CT molecular complexity index is 1480. The van der Waals surface area contributed by atoms with Gasteiger partial charge in [-0.15, -0.1) is 0 Å². The van der Waals surface area contributed by atoms with E-state index >= 15 is 0 Å². The van der Waals surface area contributed by atoms with Crippen LogP contribution in [0.15, 0.2) is 76.6 Å². The van der Waals surface area contributed by atoms with Crippen LogP contribution >= 0.6 is 11.9 Å². The SMILES string of the molecule is Cc1[nH]ncc1SN1CCC2=CC(Nc3ccc(F)cc3)=C(C=N)CC2(C(=O)c2cc(C(F)(F)F)ccn2)C1. The Kier molecular flexibility index (Phi) is 7.17. The molecule has 3 aromatic rings. The highest BCUT2D eigenvalue weighted by atomic mass is 32.2. The van der Waals surface area contributed by atoms with Crippen LogP contribution in [0.5, 0.6) is 0 Å². The molecular formula is C27H24F4N6OS. The average Bonchev–Trinajstić information content (AvgIpc) is 3.32. The minimum atomic E-state index is -4.62. The van der Waals surface area contributed by atoms with E-state index in [-0.39, 0.29) is 24.5 Å². The van der Waals surface area contributed by atoms with Gasteiger partial charge in [-0.05, 0) is 79.8 Å². The summed E-state index contributed by atoms with van der Waals surface area (Å²) in [5, 5.41) is 18.2. The molecule has 3 heterocycles. The number of rotatable bonds is 7. The number of anilines is 1. The highest BCUT2D eigenvalue weighted by molar-refractivity contribution is 7.97. The summed E-state index contributed by atoms with van der Waals surface area (Å²) in [5.41, 5.74) is 0.815. The van der Waals surface area contributed by atoms with Gasteiger partial charge in [0.15, 0.2) is 5.78 Å². The maximum absolute atomic E-state index is 14.1. The molecule has 0 saturated carbocycles. The molecule has 202 valence electrons. The number of benzene rings is 1. The molecule has 1 saturated heterocycles. The number of aromatic amines is 1. The molecule has 5 rings (SSSR count). The van der Waals surface area contributed by atoms with Crippen LogP contribution in [0.25, 0.3) is 0 Å². The number of fused-ring (bicyclic) bond motifs is 1. The Morgan fingerprint density at radius 2 is 2.03 bits per heavy atom. The Hall–Kier alpha value is -3.77. The van der Waals surface area contributed by atoms with Gasteiger partial charge in [0.05, 0.1) is 22.1 Å². The molecule has 1 aromatic carbocycles. The Labute approximate surface area is 226 Å². The van der Waals surface area contributed by atoms with E-state index in [1.807, 2.05) is 11.2 Å². The third-order valence-electron chi connectivity index (χ3n) is 6.91. The van der Waals surface area contributed by atoms with Gasteiger partial charge in [-0.25, -0.2) is 8.70 Å². The van der Waals surface area contributed by atoms with Gasteiger partial charge in [-0.1, -0.05) is 5.57 Å². The number of carbonyl (C=O) groups excluding carboxylic acids is 1. The molecule has 39 heavy (non-hydrogen) atoms. The topological polar surface area (TPSA) is 97.8 Å². The second-order valence-electron chi connectivity index (χ2n) is 9.46. The first-order valence-corrected chi connectivity index (χ1v) is 12.8. The highest BCUT2D eigenvalue weighted by Crippen LogP contribution is 2.49. The molecule has 1 unspecified atom stereocenters. The summed E-state index contributed by atoms with van der Waals surface area (Å²) < 4.78 is 55.8. The molecule has 7 nitrogen and oxygen atoms in total. The fourth-order valence-corrected chi connectivity index (χ4v) is 5.92. The Balaban J connectivity index is 1.54. The van der Waals surface area contributed by atoms with Gasteiger partial charge in [0.25, 0.3) is 0 Å². The van der Waals surface area contributed by atoms with Crippen molar-refractivity contribution in [1.29, 1.82) is 5.41 Å². The second kappa shape index (κ2) is 10.4. The van der Waals surface area contributed by atoms with Crippen molar-refractivity contribution < 1.29 is 22.4 Å². The summed E-state index contributed by atoms with van der Waals surface area (Å²) in [6.45, 7) is 2.66. The zero-order valence-corrected chi connectivity index (χ0v) is 21.6. The number of halogens is 4. The van der Waals surface area contributed by atoms with Gasteiger partial charge >= 0.3 is 6.18 Å². The maximum atomic E-state index is 14.1. The minimum absolute atomic E-state index is 0.0874. The summed E-state index contributed by atoms with van der Waals surface area (Å²) in [5.74, 6) is -0.922. The van der Waals surface area contributed by atoms with E-state index in [0.29, 0.717) is 29.9 Å². The van der Waals surface area contributed by atoms with Crippen LogP contribution in [0.2, 0.25) is 0 Å². The average molecular weight is 557 g/mol. The fourth-order valence-electron chi connectivity index (χ4n) is 4.89. The van der Waals surface area contributed by atoms with Gasteiger partial charge in [0.1, 0.15) is 11.5 Å². The summed E-state index contributed by atoms with van der Waals surface area (Å²) >= 11 is 1.42. The Morgan fingerprint density at radius 3 is 2.69 bits per heavy atom. The molecule has 0 bridgehead atoms. The van der Waals surface area contributed by atoms with E-state index in [4.69, 9.17) is 5.41 Å². The quantitative estimate of drug-likeness (QED) is 0.139. The predicted octanol–water partition coefficient (Wildman–Crippen LogP) is 6.20. The van der Waals surface area contributed by atoms with E-state index < -0.39 is 22.9 Å². The lowest BCUT2D eigenvalue weighted by Crippen LogP contribution is -2.49. The zero-order valence-electron chi connectivity index (χ0n) is 20.8. The lowest BCUT2D eigenvalue weighted by Gasteiger charge is -2.45. The van der Waals surface area contributed by atoms with Gasteiger partial charge < -0.3 is 10.7 Å². The number of nitrogens with zero attached hydrogens (tertiary/aromatic N) is 3. The van der Waals surface area contributed by atoms with Crippen molar-refractivity contribution in [2.24, 2.45) is 5.41 Å². The number of aromatic nitrogens is 3. The number of piperidine rings is 1. The van der Waals surface area contributed by atoms with Crippen LogP contribution < -0.4 is 5.32 Å². The van der Waals surface area contributed by atoms with Crippen molar-refractivity contribution in [1.82, 2.24) is 19.5 Å². The number of H-pyrrole nitrogens is 1. The highest BCUT2D eigenvalue weighted by Gasteiger charge is 2.49. The zero-order chi connectivity index (χ0) is 27.8. The first kappa shape index (κ1) is 26.8. The van der Waals surface area contributed by atoms with Crippen LogP contribution in [-0.4, -0.2) is 44.6 Å². The van der Waals surface area contributed by atoms with E-state index in [1.54, 1.807) is 24.4 Å². The smallest absolute Gasteiger partial charge is 0.355 e. The number of pyridine rings is 1. The van der Waals surface area contributed by atoms with Crippen LogP contribution in [0, 0.1) is 23.6 Å². The molecule has 12 heteroatoms. The predicted molar refractivity (Wildman–Crippen MR) is 140 cm³/mol. The molecule has 0 radical (unpaired) electrons. The number of aryl methyl sites for hydroxylation is 1. The van der Waals surface area contributed by atoms with Crippen molar-refractivity contribution in [3.63, 3.8) is 0 Å². The maximum Gasteiger partial charge on any atom is 0.416 e. The number of nitrogens with one attached hydrogen (secondary N) is 3. The van der Waals surface area contributed by atoms with E-state index in [0.717, 1.165) is 40.7 Å². The van der Waals surface area contributed by atoms with Crippen molar-refractivity contribution in [3.8, 4) is 0 Å². The fraction of sp³-hybridized carbons (Fsp3) is 0.259. The molecule has 1 aliphatic heterocycles. The van der Waals surface area contributed by atoms with Crippen molar-refractivity contribution >= 4 is 29.6 Å². The van der Waals surface area contributed by atoms with Gasteiger partial charge in [0, 0.05) is 42.6 Å². The van der Waals surface area contributed by atoms with Crippen molar-refractivity contribution in [2.75, 3.05) is 18.4 Å². The first-order valence-electron chi connectivity index (χ1n) is 12.1. The first-order chi connectivity index (χ1) is 18.6. The van der Waals surface area contributed by atoms with Crippen LogP contribution in [-0.2, 0) is 6.18 Å². The van der Waals surface area contributed by atoms with Gasteiger partial charge in [0.2, 0.25) is 0 Å². The van der Waals surface area contributed by atoms with Crippen molar-refractivity contribution in [2.45, 2.75) is 30.8 Å². The molecule has 1 fully saturated rings. The summed E-state index contributed by atoms with van der Waals surface area (Å²) in [6.07, 6.45) is 1.55. The summed E-state index contributed by atoms with van der Waals surface area (Å²) in [4.78, 5) is 19.0. The molecule has 3 N–H and O–H groups in total. The number of alkyl halides is 3. The third-order valence-corrected chi connectivity index (χ3v) is 8.09. The molecule has 0 spiro atoms. The molecule has 2 aromatic heterocycles. The van der Waals surface area contributed by atoms with E-state index in [2.05, 4.69) is 20.5 Å². The standard InChI is InChI=1S/C27H24F4N6OS/c1-16-24(14-34-36-16)39-37-9-7-18-10-22(35-21-4-2-20(28)3-5-21)17(13-32)12-26(18,15-37)25(38)23-11-19(6-8-33-23)27(29,30)31/h2-6,8,10-11,13-14,32,35H,7,9,12,15H2,1H3,(H,34,36). The number of hydrogen-bond acceptors (Lipinski definition) is 7. The molecule has 1 aliphatic carbocycles. The minimum Gasteiger partial charge on any atom is -0.355 e. The number of allylic oxidation sites excluding steroid dienone is 2. The monoisotopic (exact) mass is 556 g/mol. The van der Waals surface area contributed by atoms with Crippen molar-refractivity contribution in [3.05, 3.63) is 94.5 Å². The Morgan fingerprint density at radius 1 is 1.26 bits per heavy atom. The summed E-state index contributed by atoms with van der Waals surface area (Å²) in [7, 11) is 0. The normalized spacial score (nSPS) is 19.9. The van der Waals surface area contributed by atoms with E-state index in [9.17, 15) is 22.4 Å². The third kappa shape index (κ3) is 5.39. The molecule has 1 atom stereocenters. The molecule has 2 aliphatic rings. The largest absolute Gasteiger partial charge is 0.416 e. The van der Waals surface area contributed by atoms with Crippen LogP contribution in [0.1, 0.15) is 34.6 Å². The number of carbonyl (C=O) groups is 1. The lowest BCUT2D eigenvalue weighted by atomic mass is 9.65. The summed E-state index contributed by atoms with van der Waals surface area (Å²) in [6, 6.07) is 7.38. The number of hydrogen-bond donors (Lipinski definition) is 3. The molecule has 0 amide bonds. The van der Waals surface area contributed by atoms with Gasteiger partial charge in [-0.3, -0.25) is 14.9 Å². The second-order valence-corrected chi connectivity index (χ2v) is 10.6. The van der Waals surface area contributed by atoms with Crippen LogP contribution in [0.3, 0.4) is 0 Å². The number of ketones is 1. The van der Waals surface area contributed by atoms with Crippen LogP contribution in [0.4, 0.5) is 23.2 Å².